The number of imidazole rings is 1. The molecule has 0 bridgehead atoms. The monoisotopic (exact) mass is 212 g/mol. The van der Waals surface area contributed by atoms with Gasteiger partial charge in [0.05, 0.1) is 6.33 Å². The van der Waals surface area contributed by atoms with E-state index in [9.17, 15) is 0 Å². The highest BCUT2D eigenvalue weighted by Crippen LogP contribution is 2.23. The van der Waals surface area contributed by atoms with Crippen molar-refractivity contribution in [3.8, 4) is 0 Å². The number of hydrogen-bond donors (Lipinski definition) is 1. The maximum Gasteiger partial charge on any atom is 0.181 e. The zero-order valence-electron chi connectivity index (χ0n) is 7.02. The first-order chi connectivity index (χ1) is 6.42. The van der Waals surface area contributed by atoms with Crippen LogP contribution in [0.1, 0.15) is 0 Å². The van der Waals surface area contributed by atoms with Gasteiger partial charge in [-0.2, -0.15) is 11.8 Å². The summed E-state index contributed by atoms with van der Waals surface area (Å²) in [7, 11) is 0. The van der Waals surface area contributed by atoms with Crippen LogP contribution >= 0.6 is 23.5 Å². The van der Waals surface area contributed by atoms with Gasteiger partial charge in [0, 0.05) is 5.08 Å². The Kier molecular flexibility index (Phi) is 2.70. The summed E-state index contributed by atoms with van der Waals surface area (Å²) in [5.41, 5.74) is 1.67. The van der Waals surface area contributed by atoms with Crippen molar-refractivity contribution < 1.29 is 0 Å². The van der Waals surface area contributed by atoms with Crippen molar-refractivity contribution in [2.45, 2.75) is 5.03 Å². The minimum Gasteiger partial charge on any atom is -0.341 e. The van der Waals surface area contributed by atoms with Crippen molar-refractivity contribution >= 4 is 34.7 Å². The quantitative estimate of drug-likeness (QED) is 0.477. The number of rotatable bonds is 3. The third kappa shape index (κ3) is 1.78. The summed E-state index contributed by atoms with van der Waals surface area (Å²) in [6, 6.07) is 0. The van der Waals surface area contributed by atoms with Crippen LogP contribution in [0.5, 0.6) is 0 Å². The molecule has 0 aromatic carbocycles. The zero-order valence-corrected chi connectivity index (χ0v) is 8.65. The average Bonchev–Trinajstić information content (AvgIpc) is 2.62. The Balaban J connectivity index is 2.37. The number of hydrogen-bond acceptors (Lipinski definition) is 5. The van der Waals surface area contributed by atoms with Crippen molar-refractivity contribution in [3.63, 3.8) is 0 Å². The molecule has 2 aromatic rings. The van der Waals surface area contributed by atoms with Gasteiger partial charge in [-0.1, -0.05) is 11.8 Å². The second kappa shape index (κ2) is 3.97. The first-order valence-corrected chi connectivity index (χ1v) is 6.05. The van der Waals surface area contributed by atoms with Crippen molar-refractivity contribution in [2.24, 2.45) is 0 Å². The second-order valence-corrected chi connectivity index (χ2v) is 4.53. The van der Waals surface area contributed by atoms with Gasteiger partial charge in [-0.15, -0.1) is 0 Å². The Morgan fingerprint density at radius 2 is 2.31 bits per heavy atom. The first-order valence-electron chi connectivity index (χ1n) is 3.67. The van der Waals surface area contributed by atoms with Crippen LogP contribution in [-0.4, -0.2) is 31.3 Å². The highest BCUT2D eigenvalue weighted by Gasteiger charge is 2.04. The van der Waals surface area contributed by atoms with Gasteiger partial charge in [0.2, 0.25) is 0 Å². The summed E-state index contributed by atoms with van der Waals surface area (Å²) in [5.74, 6) is 0. The molecule has 0 saturated carbocycles. The van der Waals surface area contributed by atoms with Crippen molar-refractivity contribution in [1.29, 1.82) is 0 Å². The summed E-state index contributed by atoms with van der Waals surface area (Å²) in [4.78, 5) is 15.3. The van der Waals surface area contributed by atoms with Crippen LogP contribution in [0.3, 0.4) is 0 Å². The lowest BCUT2D eigenvalue weighted by Crippen LogP contribution is -1.85. The maximum atomic E-state index is 4.18. The van der Waals surface area contributed by atoms with E-state index in [1.807, 2.05) is 0 Å². The lowest BCUT2D eigenvalue weighted by Gasteiger charge is -1.97. The zero-order chi connectivity index (χ0) is 9.10. The fraction of sp³-hybridized carbons (Fsp3) is 0.286. The molecule has 1 N–H and O–H groups in total. The molecule has 0 fully saturated rings. The van der Waals surface area contributed by atoms with Crippen LogP contribution in [0.2, 0.25) is 0 Å². The molecular weight excluding hydrogens is 204 g/mol. The lowest BCUT2D eigenvalue weighted by molar-refractivity contribution is 1.09. The molecule has 0 aliphatic carbocycles. The maximum absolute atomic E-state index is 4.18. The molecule has 0 unspecified atom stereocenters. The Morgan fingerprint density at radius 1 is 1.38 bits per heavy atom. The smallest absolute Gasteiger partial charge is 0.181 e. The van der Waals surface area contributed by atoms with E-state index >= 15 is 0 Å². The molecule has 0 aliphatic heterocycles. The number of H-pyrrole nitrogens is 1. The van der Waals surface area contributed by atoms with Crippen molar-refractivity contribution in [2.75, 3.05) is 11.3 Å². The van der Waals surface area contributed by atoms with Gasteiger partial charge >= 0.3 is 0 Å². The molecule has 0 aliphatic rings. The van der Waals surface area contributed by atoms with Gasteiger partial charge in [0.15, 0.2) is 5.65 Å². The van der Waals surface area contributed by atoms with Crippen molar-refractivity contribution in [3.05, 3.63) is 12.7 Å². The molecular formula is C7H8N4S2. The third-order valence-corrected chi connectivity index (χ3v) is 3.50. The topological polar surface area (TPSA) is 54.5 Å². The number of thioether (sulfide) groups is 2. The van der Waals surface area contributed by atoms with E-state index in [-0.39, 0.29) is 0 Å². The Hall–Kier alpha value is -0.750. The average molecular weight is 212 g/mol. The van der Waals surface area contributed by atoms with E-state index < -0.39 is 0 Å². The van der Waals surface area contributed by atoms with Gasteiger partial charge in [-0.05, 0) is 6.26 Å². The summed E-state index contributed by atoms with van der Waals surface area (Å²) < 4.78 is 0. The molecule has 68 valence electrons. The normalized spacial score (nSPS) is 10.8. The minimum atomic E-state index is 0.735. The van der Waals surface area contributed by atoms with Crippen LogP contribution < -0.4 is 0 Å². The first kappa shape index (κ1) is 8.83. The summed E-state index contributed by atoms with van der Waals surface area (Å²) in [5, 5.41) is 1.96. The predicted molar refractivity (Wildman–Crippen MR) is 55.9 cm³/mol. The van der Waals surface area contributed by atoms with Crippen LogP contribution in [-0.2, 0) is 0 Å². The summed E-state index contributed by atoms with van der Waals surface area (Å²) in [6.07, 6.45) is 5.26. The molecule has 0 saturated heterocycles. The van der Waals surface area contributed by atoms with Gasteiger partial charge < -0.3 is 4.98 Å². The molecule has 6 heteroatoms. The number of nitrogens with zero attached hydrogens (tertiary/aromatic N) is 3. The van der Waals surface area contributed by atoms with E-state index in [2.05, 4.69) is 26.2 Å². The molecule has 2 aromatic heterocycles. The molecule has 4 nitrogen and oxygen atoms in total. The summed E-state index contributed by atoms with van der Waals surface area (Å²) in [6.45, 7) is 0. The molecule has 0 amide bonds. The van der Waals surface area contributed by atoms with Gasteiger partial charge in [0.1, 0.15) is 16.9 Å². The standard InChI is InChI=1S/C7H8N4S2/c1-12-4-13-7-5-6(9-2-8-5)10-3-11-7/h2-3H,4H2,1H3,(H,8,9,10,11). The van der Waals surface area contributed by atoms with Gasteiger partial charge in [-0.3, -0.25) is 0 Å². The van der Waals surface area contributed by atoms with Gasteiger partial charge in [-0.25, -0.2) is 15.0 Å². The number of fused-ring (bicyclic) bond motifs is 1. The Labute approximate surface area is 84.0 Å². The van der Waals surface area contributed by atoms with Crippen LogP contribution in [0.4, 0.5) is 0 Å². The SMILES string of the molecule is CSCSc1ncnc2nc[nH]c12. The van der Waals surface area contributed by atoms with Crippen LogP contribution in [0, 0.1) is 0 Å². The van der Waals surface area contributed by atoms with Crippen LogP contribution in [0.25, 0.3) is 11.2 Å². The lowest BCUT2D eigenvalue weighted by atomic mass is 10.6. The molecule has 2 rings (SSSR count). The van der Waals surface area contributed by atoms with E-state index in [1.54, 1.807) is 36.2 Å². The van der Waals surface area contributed by atoms with E-state index in [4.69, 9.17) is 0 Å². The predicted octanol–water partition coefficient (Wildman–Crippen LogP) is 1.77. The Morgan fingerprint density at radius 3 is 3.15 bits per heavy atom. The molecule has 0 atom stereocenters. The van der Waals surface area contributed by atoms with Gasteiger partial charge in [0.25, 0.3) is 0 Å². The Bertz CT molecular complexity index is 400. The van der Waals surface area contributed by atoms with Crippen LogP contribution in [0.15, 0.2) is 17.7 Å². The van der Waals surface area contributed by atoms with Crippen molar-refractivity contribution in [1.82, 2.24) is 19.9 Å². The van der Waals surface area contributed by atoms with E-state index in [0.29, 0.717) is 0 Å². The number of aromatic amines is 1. The van der Waals surface area contributed by atoms with E-state index in [0.717, 1.165) is 21.3 Å². The third-order valence-electron chi connectivity index (χ3n) is 1.50. The fourth-order valence-electron chi connectivity index (χ4n) is 0.967. The molecule has 0 radical (unpaired) electrons. The highest BCUT2D eigenvalue weighted by atomic mass is 32.2. The fourth-order valence-corrected chi connectivity index (χ4v) is 2.30. The largest absolute Gasteiger partial charge is 0.341 e. The summed E-state index contributed by atoms with van der Waals surface area (Å²) >= 11 is 3.47. The molecule has 13 heavy (non-hydrogen) atoms. The molecule has 2 heterocycles. The second-order valence-electron chi connectivity index (χ2n) is 2.33. The number of nitrogens with one attached hydrogen (secondary N) is 1. The number of aromatic nitrogens is 4. The molecule has 0 spiro atoms. The minimum absolute atomic E-state index is 0.735. The van der Waals surface area contributed by atoms with E-state index in [1.165, 1.54) is 0 Å². The highest BCUT2D eigenvalue weighted by molar-refractivity contribution is 8.15.